The van der Waals surface area contributed by atoms with Crippen LogP contribution in [0, 0.1) is 0 Å². The maximum absolute atomic E-state index is 12.8. The van der Waals surface area contributed by atoms with Gasteiger partial charge < -0.3 is 34.3 Å². The molecule has 13 heteroatoms. The number of rotatable bonds is 41. The minimum absolute atomic E-state index is 0.164. The Morgan fingerprint density at radius 3 is 1.50 bits per heavy atom. The lowest BCUT2D eigenvalue weighted by molar-refractivity contribution is -0.297. The van der Waals surface area contributed by atoms with E-state index in [1.807, 2.05) is 6.08 Å². The number of carbonyl (C=O) groups is 2. The topological polar surface area (TPSA) is 186 Å². The first-order valence-corrected chi connectivity index (χ1v) is 25.5. The van der Waals surface area contributed by atoms with Gasteiger partial charge in [0.05, 0.1) is 6.61 Å². The van der Waals surface area contributed by atoms with Crippen molar-refractivity contribution in [3.8, 4) is 0 Å². The second kappa shape index (κ2) is 37.7. The lowest BCUT2D eigenvalue weighted by Crippen LogP contribution is -2.60. The number of allylic oxidation sites excluding steroid dienone is 3. The van der Waals surface area contributed by atoms with Crippen LogP contribution in [-0.4, -0.2) is 96.0 Å². The molecule has 1 heterocycles. The van der Waals surface area contributed by atoms with Crippen molar-refractivity contribution in [2.45, 2.75) is 243 Å². The van der Waals surface area contributed by atoms with Gasteiger partial charge in [0, 0.05) is 12.8 Å². The van der Waals surface area contributed by atoms with Gasteiger partial charge in [-0.3, -0.25) is 14.1 Å². The number of hydrogen-bond donors (Lipinski definition) is 4. The minimum Gasteiger partial charge on any atom is -0.462 e. The molecule has 0 aromatic carbocycles. The monoisotopic (exact) mass is 875 g/mol. The van der Waals surface area contributed by atoms with Gasteiger partial charge in [-0.05, 0) is 51.4 Å². The molecule has 0 spiro atoms. The van der Waals surface area contributed by atoms with Crippen LogP contribution >= 0.6 is 0 Å². The van der Waals surface area contributed by atoms with E-state index in [0.29, 0.717) is 12.8 Å². The first-order valence-electron chi connectivity index (χ1n) is 23.9. The summed E-state index contributed by atoms with van der Waals surface area (Å²) in [5.74, 6) is -1.98. The summed E-state index contributed by atoms with van der Waals surface area (Å²) in [6.45, 7) is 5.29. The van der Waals surface area contributed by atoms with Crippen LogP contribution in [0.25, 0.3) is 0 Å². The van der Waals surface area contributed by atoms with E-state index in [1.54, 1.807) is 0 Å². The van der Waals surface area contributed by atoms with Crippen LogP contribution in [0.4, 0.5) is 0 Å². The van der Waals surface area contributed by atoms with Crippen LogP contribution in [0.3, 0.4) is 0 Å². The third-order valence-corrected chi connectivity index (χ3v) is 11.9. The Bertz CT molecular complexity index is 1190. The van der Waals surface area contributed by atoms with Crippen LogP contribution in [-0.2, 0) is 38.7 Å². The van der Waals surface area contributed by atoms with Crippen molar-refractivity contribution in [1.29, 1.82) is 0 Å². The third kappa shape index (κ3) is 31.9. The lowest BCUT2D eigenvalue weighted by atomic mass is 10.00. The largest absolute Gasteiger partial charge is 0.462 e. The Labute approximate surface area is 364 Å². The number of aliphatic hydroxyl groups excluding tert-OH is 3. The Morgan fingerprint density at radius 1 is 0.600 bits per heavy atom. The van der Waals surface area contributed by atoms with Crippen LogP contribution in [0.15, 0.2) is 24.8 Å². The van der Waals surface area contributed by atoms with Crippen molar-refractivity contribution >= 4 is 22.1 Å². The highest BCUT2D eigenvalue weighted by atomic mass is 32.2. The first kappa shape index (κ1) is 56.1. The zero-order valence-corrected chi connectivity index (χ0v) is 38.2. The van der Waals surface area contributed by atoms with Gasteiger partial charge in [-0.1, -0.05) is 160 Å². The summed E-state index contributed by atoms with van der Waals surface area (Å²) in [7, 11) is -4.60. The minimum atomic E-state index is -4.60. The Hall–Kier alpha value is -1.87. The molecule has 0 aromatic rings. The maximum atomic E-state index is 12.8. The van der Waals surface area contributed by atoms with Gasteiger partial charge in [-0.15, -0.1) is 6.58 Å². The molecule has 0 aromatic heterocycles. The molecule has 12 nitrogen and oxygen atoms in total. The molecule has 1 aliphatic rings. The normalized spacial score (nSPS) is 20.1. The SMILES string of the molecule is C=CCCCCCCCCCCCCCCCC(=O)OC[C@H](CO[C@H]1O[C@H](CS(=O)(=O)O)[C@@H](O)C(O)C1O)OC(=O)CCCCCCCCCCC/C=C/CCCCCC. The number of carbonyl (C=O) groups excluding carboxylic acids is 2. The van der Waals surface area contributed by atoms with E-state index >= 15 is 0 Å². The molecule has 0 bridgehead atoms. The van der Waals surface area contributed by atoms with Gasteiger partial charge in [0.2, 0.25) is 0 Å². The fraction of sp³-hybridized carbons (Fsp3) is 0.872. The van der Waals surface area contributed by atoms with Crippen LogP contribution < -0.4 is 0 Å². The lowest BCUT2D eigenvalue weighted by Gasteiger charge is -2.40. The smallest absolute Gasteiger partial charge is 0.306 e. The summed E-state index contributed by atoms with van der Waals surface area (Å²) in [6, 6.07) is 0. The first-order chi connectivity index (χ1) is 29.0. The predicted molar refractivity (Wildman–Crippen MR) is 238 cm³/mol. The average molecular weight is 875 g/mol. The molecule has 352 valence electrons. The molecule has 60 heavy (non-hydrogen) atoms. The molecule has 0 radical (unpaired) electrons. The number of aliphatic hydroxyl groups is 3. The number of unbranched alkanes of at least 4 members (excludes halogenated alkanes) is 26. The molecule has 4 N–H and O–H groups in total. The van der Waals surface area contributed by atoms with Crippen LogP contribution in [0.5, 0.6) is 0 Å². The number of esters is 2. The Balaban J connectivity index is 2.40. The molecule has 1 aliphatic heterocycles. The van der Waals surface area contributed by atoms with E-state index in [4.69, 9.17) is 18.9 Å². The summed E-state index contributed by atoms with van der Waals surface area (Å²) in [5, 5.41) is 30.9. The van der Waals surface area contributed by atoms with Gasteiger partial charge in [0.1, 0.15) is 36.8 Å². The molecule has 0 aliphatic carbocycles. The van der Waals surface area contributed by atoms with Crippen molar-refractivity contribution in [3.63, 3.8) is 0 Å². The summed E-state index contributed by atoms with van der Waals surface area (Å²) < 4.78 is 54.1. The second-order valence-corrected chi connectivity index (χ2v) is 18.4. The highest BCUT2D eigenvalue weighted by Gasteiger charge is 2.46. The van der Waals surface area contributed by atoms with Crippen molar-refractivity contribution < 1.29 is 56.8 Å². The predicted octanol–water partition coefficient (Wildman–Crippen LogP) is 10.0. The number of hydrogen-bond acceptors (Lipinski definition) is 11. The van der Waals surface area contributed by atoms with E-state index in [2.05, 4.69) is 25.7 Å². The summed E-state index contributed by atoms with van der Waals surface area (Å²) in [5.41, 5.74) is 0. The summed E-state index contributed by atoms with van der Waals surface area (Å²) in [6.07, 6.45) is 31.1. The molecular weight excluding hydrogens is 789 g/mol. The van der Waals surface area contributed by atoms with Gasteiger partial charge in [0.25, 0.3) is 10.1 Å². The zero-order valence-electron chi connectivity index (χ0n) is 37.4. The van der Waals surface area contributed by atoms with E-state index < -0.39 is 71.2 Å². The van der Waals surface area contributed by atoms with E-state index in [1.165, 1.54) is 128 Å². The van der Waals surface area contributed by atoms with E-state index in [-0.39, 0.29) is 19.4 Å². The molecule has 2 unspecified atom stereocenters. The Kier molecular flexibility index (Phi) is 35.2. The van der Waals surface area contributed by atoms with Crippen molar-refractivity contribution in [2.75, 3.05) is 19.0 Å². The number of ether oxygens (including phenoxy) is 4. The molecule has 1 fully saturated rings. The zero-order chi connectivity index (χ0) is 44.1. The van der Waals surface area contributed by atoms with E-state index in [0.717, 1.165) is 44.9 Å². The van der Waals surface area contributed by atoms with Crippen LogP contribution in [0.2, 0.25) is 0 Å². The van der Waals surface area contributed by atoms with Gasteiger partial charge >= 0.3 is 11.9 Å². The van der Waals surface area contributed by atoms with Gasteiger partial charge in [0.15, 0.2) is 12.4 Å². The molecule has 0 amide bonds. The highest BCUT2D eigenvalue weighted by molar-refractivity contribution is 7.85. The Morgan fingerprint density at radius 2 is 1.03 bits per heavy atom. The molecule has 6 atom stereocenters. The maximum Gasteiger partial charge on any atom is 0.306 e. The van der Waals surface area contributed by atoms with Crippen molar-refractivity contribution in [2.24, 2.45) is 0 Å². The van der Waals surface area contributed by atoms with Crippen LogP contribution in [0.1, 0.15) is 206 Å². The average Bonchev–Trinajstić information content (AvgIpc) is 3.21. The van der Waals surface area contributed by atoms with Gasteiger partial charge in [-0.2, -0.15) is 8.42 Å². The molecule has 0 saturated carbocycles. The highest BCUT2D eigenvalue weighted by Crippen LogP contribution is 2.24. The van der Waals surface area contributed by atoms with Gasteiger partial charge in [-0.25, -0.2) is 0 Å². The fourth-order valence-electron chi connectivity index (χ4n) is 7.42. The standard InChI is InChI=1S/C47H86O12S/c1-3-5-7-9-11-13-15-17-19-20-22-24-26-28-30-32-34-36-43(49)58-40(38-57-47-46(52)45(51)44(50)41(59-47)39-60(53,54)55)37-56-42(48)35-33-31-29-27-25-23-21-18-16-14-12-10-8-6-4-2/h4,13,15,40-41,44-47,50-52H,2-3,5-12,14,16-39H2,1H3,(H,53,54,55)/b15-13+/t40-,41-,44-,45?,46?,47+/m1/s1. The quantitative estimate of drug-likeness (QED) is 0.0197. The van der Waals surface area contributed by atoms with Crippen molar-refractivity contribution in [3.05, 3.63) is 24.8 Å². The molecule has 1 rings (SSSR count). The third-order valence-electron chi connectivity index (χ3n) is 11.1. The molecular formula is C47H86O12S. The van der Waals surface area contributed by atoms with E-state index in [9.17, 15) is 37.9 Å². The van der Waals surface area contributed by atoms with Crippen molar-refractivity contribution in [1.82, 2.24) is 0 Å². The fourth-order valence-corrected chi connectivity index (χ4v) is 8.11. The summed E-state index contributed by atoms with van der Waals surface area (Å²) >= 11 is 0. The molecule has 1 saturated heterocycles. The second-order valence-electron chi connectivity index (χ2n) is 16.9. The summed E-state index contributed by atoms with van der Waals surface area (Å²) in [4.78, 5) is 25.4.